The monoisotopic (exact) mass is 774 g/mol. The van der Waals surface area contributed by atoms with Gasteiger partial charge in [-0.05, 0) is 80.0 Å². The summed E-state index contributed by atoms with van der Waals surface area (Å²) in [5, 5.41) is 20.2. The molecule has 1 aliphatic rings. The van der Waals surface area contributed by atoms with Crippen LogP contribution in [-0.4, -0.2) is 69.4 Å². The quantitative estimate of drug-likeness (QED) is 0.0936. The van der Waals surface area contributed by atoms with E-state index >= 15 is 0 Å². The summed E-state index contributed by atoms with van der Waals surface area (Å²) in [5.74, 6) is -0.823. The van der Waals surface area contributed by atoms with Crippen LogP contribution < -0.4 is 21.7 Å². The molecule has 2 heterocycles. The first kappa shape index (κ1) is 43.6. The Balaban J connectivity index is 1.25. The van der Waals surface area contributed by atoms with E-state index in [1.807, 2.05) is 64.4 Å². The number of primary amides is 1. The number of thiazole rings is 1. The number of rotatable bonds is 19. The number of carbonyl (C=O) groups excluding carboxylic acids is 4. The number of nitrogens with zero attached hydrogens (tertiary/aromatic N) is 2. The number of aliphatic hydroxyl groups excluding tert-OH is 1. The number of likely N-dealkylation sites (tertiary alicyclic amines) is 1. The third-order valence-electron chi connectivity index (χ3n) is 10.7. The van der Waals surface area contributed by atoms with Gasteiger partial charge in [-0.1, -0.05) is 82.6 Å². The van der Waals surface area contributed by atoms with Gasteiger partial charge in [0.15, 0.2) is 0 Å². The predicted molar refractivity (Wildman–Crippen MR) is 219 cm³/mol. The van der Waals surface area contributed by atoms with E-state index < -0.39 is 23.6 Å². The first-order valence-electron chi connectivity index (χ1n) is 19.7. The number of benzene rings is 2. The maximum absolute atomic E-state index is 14.0. The normalized spacial score (nSPS) is 18.0. The second kappa shape index (κ2) is 20.2. The number of aromatic nitrogens is 1. The molecule has 1 fully saturated rings. The maximum Gasteiger partial charge on any atom is 0.246 e. The molecule has 12 heteroatoms. The highest BCUT2D eigenvalue weighted by Crippen LogP contribution is 2.30. The summed E-state index contributed by atoms with van der Waals surface area (Å²) in [6, 6.07) is 14.8. The highest BCUT2D eigenvalue weighted by Gasteiger charge is 2.44. The standard InChI is InChI=1S/C43H62N6O5S/c1-27(16-21-37(44)51)28(2)45-24-32-14-11-13-31(22-32)12-9-8-10-15-38(52)48-40(43(5,6)7)42(54)49-25-35(50)23-36(49)41(53)47-29(3)33-17-19-34(20-18-33)39-30(4)46-26-55-39/h11,13-14,17-20,22,26-29,35-36,40,45,50H,8-10,12,15-16,21,23-25H2,1-7H3,(H2,44,51)(H,47,53)(H,48,52)/t27-,28+,29-,35+,36-,40+/m0/s1. The molecule has 3 aromatic rings. The first-order valence-corrected chi connectivity index (χ1v) is 20.6. The average molecular weight is 775 g/mol. The lowest BCUT2D eigenvalue weighted by Gasteiger charge is -2.35. The van der Waals surface area contributed by atoms with Crippen LogP contribution in [0.5, 0.6) is 0 Å². The minimum Gasteiger partial charge on any atom is -0.391 e. The summed E-state index contributed by atoms with van der Waals surface area (Å²) in [6.45, 7) is 14.6. The number of carbonyl (C=O) groups is 4. The molecule has 1 saturated heterocycles. The average Bonchev–Trinajstić information content (AvgIpc) is 3.76. The highest BCUT2D eigenvalue weighted by atomic mass is 32.1. The van der Waals surface area contributed by atoms with E-state index in [1.54, 1.807) is 11.3 Å². The molecule has 0 bridgehead atoms. The smallest absolute Gasteiger partial charge is 0.246 e. The lowest BCUT2D eigenvalue weighted by molar-refractivity contribution is -0.144. The number of aliphatic hydroxyl groups is 1. The molecule has 4 amide bonds. The topological polar surface area (TPSA) is 167 Å². The van der Waals surface area contributed by atoms with Crippen LogP contribution in [-0.2, 0) is 32.1 Å². The van der Waals surface area contributed by atoms with Crippen LogP contribution in [0.25, 0.3) is 10.4 Å². The van der Waals surface area contributed by atoms with Gasteiger partial charge < -0.3 is 31.7 Å². The molecule has 6 N–H and O–H groups in total. The van der Waals surface area contributed by atoms with Crippen LogP contribution in [0.15, 0.2) is 54.0 Å². The van der Waals surface area contributed by atoms with Crippen LogP contribution in [0.3, 0.4) is 0 Å². The van der Waals surface area contributed by atoms with Crippen molar-refractivity contribution >= 4 is 35.0 Å². The van der Waals surface area contributed by atoms with Crippen molar-refractivity contribution in [1.29, 1.82) is 0 Å². The van der Waals surface area contributed by atoms with Gasteiger partial charge in [-0.3, -0.25) is 19.2 Å². The van der Waals surface area contributed by atoms with Gasteiger partial charge in [0, 0.05) is 38.4 Å². The summed E-state index contributed by atoms with van der Waals surface area (Å²) in [6.07, 6.45) is 4.15. The van der Waals surface area contributed by atoms with E-state index in [0.717, 1.165) is 53.9 Å². The van der Waals surface area contributed by atoms with Gasteiger partial charge in [-0.15, -0.1) is 11.3 Å². The number of aryl methyl sites for hydroxylation is 2. The fraction of sp³-hybridized carbons (Fsp3) is 0.558. The van der Waals surface area contributed by atoms with E-state index in [9.17, 15) is 24.3 Å². The molecule has 0 unspecified atom stereocenters. The zero-order chi connectivity index (χ0) is 40.3. The molecule has 0 saturated carbocycles. The van der Waals surface area contributed by atoms with Gasteiger partial charge in [0.05, 0.1) is 28.2 Å². The van der Waals surface area contributed by atoms with E-state index in [0.29, 0.717) is 25.2 Å². The Kier molecular flexibility index (Phi) is 16.0. The van der Waals surface area contributed by atoms with Crippen molar-refractivity contribution in [2.45, 2.75) is 137 Å². The van der Waals surface area contributed by atoms with Crippen LogP contribution in [0.4, 0.5) is 0 Å². The Morgan fingerprint density at radius 1 is 0.982 bits per heavy atom. The molecule has 300 valence electrons. The largest absolute Gasteiger partial charge is 0.391 e. The molecule has 11 nitrogen and oxygen atoms in total. The van der Waals surface area contributed by atoms with Crippen molar-refractivity contribution in [3.8, 4) is 10.4 Å². The summed E-state index contributed by atoms with van der Waals surface area (Å²) >= 11 is 1.59. The zero-order valence-electron chi connectivity index (χ0n) is 33.7. The fourth-order valence-corrected chi connectivity index (χ4v) is 7.85. The van der Waals surface area contributed by atoms with Crippen LogP contribution in [0, 0.1) is 18.3 Å². The Labute approximate surface area is 331 Å². The second-order valence-electron chi connectivity index (χ2n) is 16.4. The number of nitrogens with one attached hydrogen (secondary N) is 3. The fourth-order valence-electron chi connectivity index (χ4n) is 7.04. The number of hydrogen-bond acceptors (Lipinski definition) is 8. The SMILES string of the molecule is Cc1ncsc1-c1ccc([C@H](C)NC(=O)[C@@H]2C[C@@H](O)CN2C(=O)[C@@H](NC(=O)CCCCCc2cccc(CN[C@H](C)[C@@H](C)CCC(N)=O)c2)C(C)(C)C)cc1. The Morgan fingerprint density at radius 2 is 1.69 bits per heavy atom. The van der Waals surface area contributed by atoms with Gasteiger partial charge in [0.2, 0.25) is 23.6 Å². The van der Waals surface area contributed by atoms with Crippen molar-refractivity contribution in [2.24, 2.45) is 17.1 Å². The predicted octanol–water partition coefficient (Wildman–Crippen LogP) is 5.97. The Hall–Kier alpha value is -4.13. The summed E-state index contributed by atoms with van der Waals surface area (Å²) < 4.78 is 0. The number of amides is 4. The van der Waals surface area contributed by atoms with Crippen LogP contribution in [0.2, 0.25) is 0 Å². The maximum atomic E-state index is 14.0. The van der Waals surface area contributed by atoms with E-state index in [-0.39, 0.29) is 48.7 Å². The molecular formula is C43H62N6O5S. The second-order valence-corrected chi connectivity index (χ2v) is 17.3. The van der Waals surface area contributed by atoms with Crippen molar-refractivity contribution in [1.82, 2.24) is 25.8 Å². The number of unbranched alkanes of at least 4 members (excludes halogenated alkanes) is 2. The Morgan fingerprint density at radius 3 is 2.35 bits per heavy atom. The van der Waals surface area contributed by atoms with Crippen LogP contribution >= 0.6 is 11.3 Å². The molecule has 1 aromatic heterocycles. The molecule has 6 atom stereocenters. The molecule has 1 aliphatic heterocycles. The van der Waals surface area contributed by atoms with E-state index in [4.69, 9.17) is 5.73 Å². The molecule has 0 spiro atoms. The van der Waals surface area contributed by atoms with Crippen molar-refractivity contribution in [3.63, 3.8) is 0 Å². The van der Waals surface area contributed by atoms with Gasteiger partial charge in [0.25, 0.3) is 0 Å². The number of β-amino-alcohol motifs (C(OH)–C–C–N with tert-alkyl or cyclic N) is 1. The van der Waals surface area contributed by atoms with E-state index in [1.165, 1.54) is 16.0 Å². The zero-order valence-corrected chi connectivity index (χ0v) is 34.5. The van der Waals surface area contributed by atoms with Gasteiger partial charge in [-0.25, -0.2) is 4.98 Å². The summed E-state index contributed by atoms with van der Waals surface area (Å²) in [7, 11) is 0. The molecule has 4 rings (SSSR count). The van der Waals surface area contributed by atoms with Crippen LogP contribution in [0.1, 0.15) is 115 Å². The van der Waals surface area contributed by atoms with Crippen molar-refractivity contribution in [3.05, 3.63) is 76.4 Å². The molecule has 55 heavy (non-hydrogen) atoms. The molecule has 2 aromatic carbocycles. The molecule has 0 radical (unpaired) electrons. The number of nitrogens with two attached hydrogens (primary N) is 1. The van der Waals surface area contributed by atoms with Gasteiger partial charge in [0.1, 0.15) is 12.1 Å². The highest BCUT2D eigenvalue weighted by molar-refractivity contribution is 7.13. The summed E-state index contributed by atoms with van der Waals surface area (Å²) in [5.41, 5.74) is 11.9. The lowest BCUT2D eigenvalue weighted by Crippen LogP contribution is -2.57. The Bertz CT molecular complexity index is 1740. The third kappa shape index (κ3) is 13.0. The third-order valence-corrected chi connectivity index (χ3v) is 11.7. The van der Waals surface area contributed by atoms with Gasteiger partial charge in [-0.2, -0.15) is 0 Å². The molecule has 0 aliphatic carbocycles. The minimum atomic E-state index is -0.856. The lowest BCUT2D eigenvalue weighted by atomic mass is 9.85. The summed E-state index contributed by atoms with van der Waals surface area (Å²) in [4.78, 5) is 58.9. The number of hydrogen-bond donors (Lipinski definition) is 5. The van der Waals surface area contributed by atoms with Crippen molar-refractivity contribution < 1.29 is 24.3 Å². The van der Waals surface area contributed by atoms with Gasteiger partial charge >= 0.3 is 0 Å². The first-order chi connectivity index (χ1) is 26.0. The molecular weight excluding hydrogens is 713 g/mol. The van der Waals surface area contributed by atoms with E-state index in [2.05, 4.69) is 59.0 Å². The minimum absolute atomic E-state index is 0.0308. The van der Waals surface area contributed by atoms with Crippen molar-refractivity contribution in [2.75, 3.05) is 6.54 Å².